The molecule has 0 bridgehead atoms. The fraction of sp³-hybridized carbons (Fsp3) is 1.00. The summed E-state index contributed by atoms with van der Waals surface area (Å²) in [5.74, 6) is 0. The minimum absolute atomic E-state index is 0.298. The average Bonchev–Trinajstić information content (AvgIpc) is 2.42. The van der Waals surface area contributed by atoms with Crippen molar-refractivity contribution >= 4 is 10.0 Å². The first-order chi connectivity index (χ1) is 10.4. The molecule has 3 saturated heterocycles. The van der Waals surface area contributed by atoms with Crippen LogP contribution in [0.1, 0.15) is 6.92 Å². The Kier molecular flexibility index (Phi) is 5.06. The number of morpholine rings is 1. The lowest BCUT2D eigenvalue weighted by molar-refractivity contribution is -0.0668. The molecule has 0 aromatic rings. The van der Waals surface area contributed by atoms with Gasteiger partial charge in [-0.3, -0.25) is 9.80 Å². The Labute approximate surface area is 133 Å². The summed E-state index contributed by atoms with van der Waals surface area (Å²) in [7, 11) is -3.03. The highest BCUT2D eigenvalue weighted by molar-refractivity contribution is 7.88. The minimum Gasteiger partial charge on any atom is -0.371 e. The zero-order valence-electron chi connectivity index (χ0n) is 13.6. The predicted molar refractivity (Wildman–Crippen MR) is 85.4 cm³/mol. The summed E-state index contributed by atoms with van der Waals surface area (Å²) in [5.41, 5.74) is 0. The van der Waals surface area contributed by atoms with Gasteiger partial charge < -0.3 is 10.1 Å². The topological polar surface area (TPSA) is 65.1 Å². The number of nitrogens with one attached hydrogen (secondary N) is 1. The first-order valence-electron chi connectivity index (χ1n) is 8.19. The average molecular weight is 332 g/mol. The van der Waals surface area contributed by atoms with Crippen molar-refractivity contribution in [2.24, 2.45) is 0 Å². The van der Waals surface area contributed by atoms with Crippen LogP contribution in [0.2, 0.25) is 0 Å². The number of ether oxygens (including phenoxy) is 1. The van der Waals surface area contributed by atoms with E-state index in [1.165, 1.54) is 6.26 Å². The molecule has 3 rings (SSSR count). The molecule has 0 aliphatic carbocycles. The minimum atomic E-state index is -3.03. The summed E-state index contributed by atoms with van der Waals surface area (Å²) < 4.78 is 30.6. The van der Waals surface area contributed by atoms with Crippen LogP contribution in [0, 0.1) is 0 Å². The number of hydrogen-bond acceptors (Lipinski definition) is 6. The normalized spacial score (nSPS) is 33.7. The van der Waals surface area contributed by atoms with Crippen molar-refractivity contribution in [2.75, 3.05) is 65.2 Å². The van der Waals surface area contributed by atoms with Gasteiger partial charge in [-0.1, -0.05) is 0 Å². The van der Waals surface area contributed by atoms with Crippen LogP contribution in [0.25, 0.3) is 0 Å². The fourth-order valence-corrected chi connectivity index (χ4v) is 4.42. The molecular weight excluding hydrogens is 304 g/mol. The third-order valence-electron chi connectivity index (χ3n) is 4.89. The Morgan fingerprint density at radius 3 is 2.41 bits per heavy atom. The maximum absolute atomic E-state index is 11.5. The van der Waals surface area contributed by atoms with Gasteiger partial charge in [0.15, 0.2) is 0 Å². The molecule has 7 nitrogen and oxygen atoms in total. The van der Waals surface area contributed by atoms with E-state index in [9.17, 15) is 8.42 Å². The first-order valence-corrected chi connectivity index (χ1v) is 10.0. The monoisotopic (exact) mass is 332 g/mol. The van der Waals surface area contributed by atoms with Crippen molar-refractivity contribution < 1.29 is 13.2 Å². The van der Waals surface area contributed by atoms with E-state index in [4.69, 9.17) is 4.74 Å². The molecule has 128 valence electrons. The van der Waals surface area contributed by atoms with Crippen LogP contribution in [0.5, 0.6) is 0 Å². The van der Waals surface area contributed by atoms with E-state index in [2.05, 4.69) is 22.0 Å². The largest absolute Gasteiger partial charge is 0.371 e. The van der Waals surface area contributed by atoms with Crippen molar-refractivity contribution in [1.82, 2.24) is 19.4 Å². The van der Waals surface area contributed by atoms with Crippen molar-refractivity contribution in [3.05, 3.63) is 0 Å². The van der Waals surface area contributed by atoms with Crippen molar-refractivity contribution in [2.45, 2.75) is 25.2 Å². The van der Waals surface area contributed by atoms with Crippen LogP contribution >= 0.6 is 0 Å². The van der Waals surface area contributed by atoms with Gasteiger partial charge in [0.05, 0.1) is 18.5 Å². The van der Waals surface area contributed by atoms with E-state index in [1.807, 2.05) is 0 Å². The van der Waals surface area contributed by atoms with E-state index in [0.29, 0.717) is 31.3 Å². The smallest absolute Gasteiger partial charge is 0.211 e. The van der Waals surface area contributed by atoms with Gasteiger partial charge in [-0.25, -0.2) is 8.42 Å². The van der Waals surface area contributed by atoms with Crippen molar-refractivity contribution in [3.63, 3.8) is 0 Å². The molecule has 0 radical (unpaired) electrons. The van der Waals surface area contributed by atoms with E-state index >= 15 is 0 Å². The number of hydrogen-bond donors (Lipinski definition) is 1. The molecule has 0 amide bonds. The molecule has 2 atom stereocenters. The first kappa shape index (κ1) is 16.6. The molecule has 1 N–H and O–H groups in total. The Hall–Kier alpha value is -0.250. The maximum atomic E-state index is 11.5. The molecule has 0 spiro atoms. The van der Waals surface area contributed by atoms with E-state index in [1.54, 1.807) is 4.31 Å². The van der Waals surface area contributed by atoms with Crippen LogP contribution < -0.4 is 5.32 Å². The van der Waals surface area contributed by atoms with Crippen LogP contribution in [-0.4, -0.2) is 106 Å². The third-order valence-corrected chi connectivity index (χ3v) is 6.19. The van der Waals surface area contributed by atoms with Gasteiger partial charge in [0.25, 0.3) is 0 Å². The summed E-state index contributed by atoms with van der Waals surface area (Å²) in [5, 5.41) is 3.41. The molecule has 0 aromatic carbocycles. The zero-order valence-corrected chi connectivity index (χ0v) is 14.4. The SMILES string of the molecule is C[C@@H]1CNC[C@@H](CN2CC(N3CCN(S(C)(=O)=O)CC3)C2)O1. The molecule has 0 saturated carbocycles. The molecule has 0 unspecified atom stereocenters. The Bertz CT molecular complexity index is 472. The summed E-state index contributed by atoms with van der Waals surface area (Å²) in [6.45, 7) is 10.1. The van der Waals surface area contributed by atoms with Crippen LogP contribution in [-0.2, 0) is 14.8 Å². The molecular formula is C14H28N4O3S. The molecule has 3 aliphatic rings. The van der Waals surface area contributed by atoms with Gasteiger partial charge in [-0.2, -0.15) is 4.31 Å². The van der Waals surface area contributed by atoms with Gasteiger partial charge in [-0.05, 0) is 6.92 Å². The fourth-order valence-electron chi connectivity index (χ4n) is 3.59. The van der Waals surface area contributed by atoms with Gasteiger partial charge in [-0.15, -0.1) is 0 Å². The number of sulfonamides is 1. The van der Waals surface area contributed by atoms with Crippen LogP contribution in [0.3, 0.4) is 0 Å². The zero-order chi connectivity index (χ0) is 15.7. The predicted octanol–water partition coefficient (Wildman–Crippen LogP) is -1.38. The number of piperazine rings is 1. The molecule has 3 heterocycles. The molecule has 3 fully saturated rings. The van der Waals surface area contributed by atoms with Crippen LogP contribution in [0.4, 0.5) is 0 Å². The second kappa shape index (κ2) is 6.70. The standard InChI is InChI=1S/C14H28N4O3S/c1-12-7-15-8-14(21-12)11-16-9-13(10-16)17-3-5-18(6-4-17)22(2,19)20/h12-15H,3-11H2,1-2H3/t12-,14+/m1/s1. The number of likely N-dealkylation sites (tertiary alicyclic amines) is 1. The highest BCUT2D eigenvalue weighted by Crippen LogP contribution is 2.19. The Morgan fingerprint density at radius 2 is 1.82 bits per heavy atom. The summed E-state index contributed by atoms with van der Waals surface area (Å²) in [4.78, 5) is 4.87. The van der Waals surface area contributed by atoms with Gasteiger partial charge in [0, 0.05) is 64.9 Å². The van der Waals surface area contributed by atoms with E-state index < -0.39 is 10.0 Å². The highest BCUT2D eigenvalue weighted by atomic mass is 32.2. The second-order valence-corrected chi connectivity index (χ2v) is 8.78. The summed E-state index contributed by atoms with van der Waals surface area (Å²) in [6.07, 6.45) is 1.90. The van der Waals surface area contributed by atoms with E-state index in [0.717, 1.165) is 45.8 Å². The lowest BCUT2D eigenvalue weighted by atomic mass is 10.1. The van der Waals surface area contributed by atoms with E-state index in [-0.39, 0.29) is 0 Å². The second-order valence-electron chi connectivity index (χ2n) is 6.80. The summed E-state index contributed by atoms with van der Waals surface area (Å²) in [6, 6.07) is 0.579. The summed E-state index contributed by atoms with van der Waals surface area (Å²) >= 11 is 0. The number of nitrogens with zero attached hydrogens (tertiary/aromatic N) is 3. The number of rotatable bonds is 4. The van der Waals surface area contributed by atoms with Gasteiger partial charge >= 0.3 is 0 Å². The molecule has 3 aliphatic heterocycles. The lowest BCUT2D eigenvalue weighted by Gasteiger charge is -2.49. The lowest BCUT2D eigenvalue weighted by Crippen LogP contribution is -2.65. The van der Waals surface area contributed by atoms with Gasteiger partial charge in [0.2, 0.25) is 10.0 Å². The molecule has 8 heteroatoms. The quantitative estimate of drug-likeness (QED) is 0.685. The third kappa shape index (κ3) is 3.98. The Balaban J connectivity index is 1.37. The van der Waals surface area contributed by atoms with Crippen molar-refractivity contribution in [1.29, 1.82) is 0 Å². The van der Waals surface area contributed by atoms with Crippen LogP contribution in [0.15, 0.2) is 0 Å². The van der Waals surface area contributed by atoms with Gasteiger partial charge in [0.1, 0.15) is 0 Å². The highest BCUT2D eigenvalue weighted by Gasteiger charge is 2.36. The molecule has 0 aromatic heterocycles. The molecule has 22 heavy (non-hydrogen) atoms. The Morgan fingerprint density at radius 1 is 1.14 bits per heavy atom. The van der Waals surface area contributed by atoms with Crippen molar-refractivity contribution in [3.8, 4) is 0 Å². The maximum Gasteiger partial charge on any atom is 0.211 e.